The zero-order chi connectivity index (χ0) is 44.2. The summed E-state index contributed by atoms with van der Waals surface area (Å²) in [7, 11) is 0.478. The van der Waals surface area contributed by atoms with Crippen molar-refractivity contribution in [2.24, 2.45) is 0 Å². The van der Waals surface area contributed by atoms with E-state index in [4.69, 9.17) is 9.97 Å². The van der Waals surface area contributed by atoms with Crippen molar-refractivity contribution in [1.82, 2.24) is 49.1 Å². The predicted octanol–water partition coefficient (Wildman–Crippen LogP) is 5.24. The summed E-state index contributed by atoms with van der Waals surface area (Å²) in [6.45, 7) is 4.55. The van der Waals surface area contributed by atoms with E-state index in [1.807, 2.05) is 50.9 Å². The molecule has 2 amide bonds. The van der Waals surface area contributed by atoms with Gasteiger partial charge in [0.25, 0.3) is 0 Å². The molecule has 0 aromatic carbocycles. The minimum absolute atomic E-state index is 0.0222. The SMILES string of the molecule is Cc1cc2ncnn2cc1Nc1ncc2c(n1)N(C1CCCS(C)(O)CC1)CC(=O)N2C.Cc1cc2ncnn2cc1Nc1ncc2c(n1)N(C1CCS(C)(O)CC1)CC(=O)N2C. The van der Waals surface area contributed by atoms with E-state index in [1.54, 1.807) is 45.3 Å². The smallest absolute Gasteiger partial charge is 0.246 e. The molecule has 6 aromatic rings. The number of pyridine rings is 2. The van der Waals surface area contributed by atoms with Gasteiger partial charge in [0.05, 0.1) is 49.3 Å². The Morgan fingerprint density at radius 3 is 1.52 bits per heavy atom. The molecule has 2 saturated heterocycles. The molecule has 0 spiro atoms. The van der Waals surface area contributed by atoms with E-state index < -0.39 is 20.6 Å². The minimum atomic E-state index is -1.54. The number of amides is 2. The van der Waals surface area contributed by atoms with Gasteiger partial charge in [0, 0.05) is 43.4 Å². The molecule has 2 atom stereocenters. The van der Waals surface area contributed by atoms with Crippen LogP contribution in [0.15, 0.2) is 49.6 Å². The highest BCUT2D eigenvalue weighted by Gasteiger charge is 2.37. The average molecular weight is 899 g/mol. The van der Waals surface area contributed by atoms with Crippen LogP contribution in [0.2, 0.25) is 0 Å². The molecule has 63 heavy (non-hydrogen) atoms. The summed E-state index contributed by atoms with van der Waals surface area (Å²) in [4.78, 5) is 59.7. The molecule has 2 unspecified atom stereocenters. The third-order valence-electron chi connectivity index (χ3n) is 12.5. The van der Waals surface area contributed by atoms with Crippen molar-refractivity contribution >= 4 is 90.0 Å². The Balaban J connectivity index is 0.000000160. The monoisotopic (exact) mass is 898 g/mol. The number of nitrogens with zero attached hydrogens (tertiary/aromatic N) is 14. The fraction of sp³-hybridized carbons (Fsp3) is 0.463. The van der Waals surface area contributed by atoms with Crippen molar-refractivity contribution in [3.63, 3.8) is 0 Å². The lowest BCUT2D eigenvalue weighted by atomic mass is 10.1. The number of hydrogen-bond donors (Lipinski definition) is 4. The van der Waals surface area contributed by atoms with Crippen molar-refractivity contribution in [3.8, 4) is 0 Å². The van der Waals surface area contributed by atoms with E-state index in [0.29, 0.717) is 23.3 Å². The third-order valence-corrected chi connectivity index (χ3v) is 17.1. The molecular formula is C41H54N16O4S2. The van der Waals surface area contributed by atoms with E-state index in [-0.39, 0.29) is 37.0 Å². The number of rotatable bonds is 6. The maximum Gasteiger partial charge on any atom is 0.246 e. The van der Waals surface area contributed by atoms with Crippen LogP contribution in [0, 0.1) is 13.8 Å². The van der Waals surface area contributed by atoms with Crippen molar-refractivity contribution in [3.05, 3.63) is 60.7 Å². The number of aromatic nitrogens is 10. The molecule has 334 valence electrons. The molecule has 6 aromatic heterocycles. The number of likely N-dealkylation sites (N-methyl/N-ethyl adjacent to an activating group) is 2. The molecule has 0 aliphatic carbocycles. The second-order valence-electron chi connectivity index (χ2n) is 17.2. The van der Waals surface area contributed by atoms with Gasteiger partial charge >= 0.3 is 0 Å². The zero-order valence-corrected chi connectivity index (χ0v) is 38.0. The minimum Gasteiger partial charge on any atom is -0.352 e. The van der Waals surface area contributed by atoms with Crippen LogP contribution in [0.1, 0.15) is 43.2 Å². The molecule has 0 bridgehead atoms. The highest BCUT2D eigenvalue weighted by Crippen LogP contribution is 2.47. The van der Waals surface area contributed by atoms with E-state index in [0.717, 1.165) is 101 Å². The largest absolute Gasteiger partial charge is 0.352 e. The van der Waals surface area contributed by atoms with Gasteiger partial charge in [0.15, 0.2) is 22.9 Å². The molecule has 22 heteroatoms. The van der Waals surface area contributed by atoms with E-state index in [1.165, 1.54) is 12.7 Å². The Bertz CT molecular complexity index is 2700. The van der Waals surface area contributed by atoms with E-state index in [2.05, 4.69) is 50.6 Å². The van der Waals surface area contributed by atoms with Crippen molar-refractivity contribution in [1.29, 1.82) is 0 Å². The molecule has 20 nitrogen and oxygen atoms in total. The maximum absolute atomic E-state index is 12.7. The number of nitrogens with one attached hydrogen (secondary N) is 2. The van der Waals surface area contributed by atoms with E-state index in [9.17, 15) is 18.7 Å². The van der Waals surface area contributed by atoms with Crippen molar-refractivity contribution in [2.45, 2.75) is 58.0 Å². The molecule has 0 saturated carbocycles. The number of carbonyl (C=O) groups excluding carboxylic acids is 2. The Morgan fingerprint density at radius 1 is 0.635 bits per heavy atom. The molecule has 10 rings (SSSR count). The summed E-state index contributed by atoms with van der Waals surface area (Å²) in [6, 6.07) is 4.25. The number of aryl methyl sites for hydroxylation is 2. The van der Waals surface area contributed by atoms with Crippen LogP contribution in [0.25, 0.3) is 11.3 Å². The lowest BCUT2D eigenvalue weighted by Crippen LogP contribution is -2.50. The maximum atomic E-state index is 12.7. The fourth-order valence-corrected chi connectivity index (χ4v) is 12.1. The molecule has 0 radical (unpaired) electrons. The Labute approximate surface area is 368 Å². The fourth-order valence-electron chi connectivity index (χ4n) is 8.61. The van der Waals surface area contributed by atoms with Gasteiger partial charge in [-0.25, -0.2) is 29.0 Å². The molecule has 4 aliphatic heterocycles. The molecule has 10 heterocycles. The number of carbonyl (C=O) groups is 2. The highest BCUT2D eigenvalue weighted by atomic mass is 32.3. The quantitative estimate of drug-likeness (QED) is 0.168. The van der Waals surface area contributed by atoms with Crippen LogP contribution >= 0.6 is 20.6 Å². The normalized spacial score (nSPS) is 25.9. The van der Waals surface area contributed by atoms with Gasteiger partial charge in [-0.15, -0.1) is 20.6 Å². The molecule has 2 fully saturated rings. The summed E-state index contributed by atoms with van der Waals surface area (Å²) in [5.74, 6) is 5.71. The Morgan fingerprint density at radius 2 is 1.06 bits per heavy atom. The summed E-state index contributed by atoms with van der Waals surface area (Å²) >= 11 is 0. The van der Waals surface area contributed by atoms with Gasteiger partial charge in [-0.1, -0.05) is 0 Å². The number of hydrogen-bond acceptors (Lipinski definition) is 16. The molecule has 4 aliphatic rings. The van der Waals surface area contributed by atoms with Crippen molar-refractivity contribution < 1.29 is 18.7 Å². The number of anilines is 8. The van der Waals surface area contributed by atoms with E-state index >= 15 is 0 Å². The second-order valence-corrected chi connectivity index (χ2v) is 23.7. The van der Waals surface area contributed by atoms with Gasteiger partial charge in [0.2, 0.25) is 23.7 Å². The summed E-state index contributed by atoms with van der Waals surface area (Å²) in [5.41, 5.74) is 6.64. The highest BCUT2D eigenvalue weighted by molar-refractivity contribution is 8.28. The van der Waals surface area contributed by atoms with Gasteiger partial charge in [-0.05, 0) is 87.5 Å². The first-order chi connectivity index (χ1) is 30.1. The standard InChI is InChI=1S/C21H28N8O2S.C20H26N8O2S/c1-14-9-18-23-13-24-29(18)11-16(14)25-21-22-10-17-20(26-21)28(12-19(30)27(17)2)15-5-4-7-32(3,31)8-6-15;1-13-8-17-22-12-23-28(17)10-15(13)24-20-21-9-16-19(25-20)27(11-18(29)26(16)2)14-4-6-31(3,30)7-5-14/h9-11,13,15,31H,4-8,12H2,1-3H3,(H,22,25,26);8-10,12,14,30H,4-7,11H2,1-3H3,(H,21,24,25). The summed E-state index contributed by atoms with van der Waals surface area (Å²) < 4.78 is 24.4. The average Bonchev–Trinajstić information content (AvgIpc) is 3.86. The van der Waals surface area contributed by atoms with Crippen LogP contribution in [0.5, 0.6) is 0 Å². The van der Waals surface area contributed by atoms with Crippen LogP contribution in [-0.2, 0) is 9.59 Å². The van der Waals surface area contributed by atoms with Gasteiger partial charge in [0.1, 0.15) is 24.0 Å². The topological polar surface area (TPSA) is 224 Å². The van der Waals surface area contributed by atoms with Crippen LogP contribution < -0.4 is 30.2 Å². The number of fused-ring (bicyclic) bond motifs is 4. The van der Waals surface area contributed by atoms with Crippen LogP contribution in [0.3, 0.4) is 0 Å². The lowest BCUT2D eigenvalue weighted by molar-refractivity contribution is -0.118. The first-order valence-electron chi connectivity index (χ1n) is 21.0. The van der Waals surface area contributed by atoms with Gasteiger partial charge in [-0.3, -0.25) is 9.59 Å². The first kappa shape index (κ1) is 42.5. The van der Waals surface area contributed by atoms with Crippen LogP contribution in [-0.4, -0.2) is 145 Å². The Hall–Kier alpha value is -5.84. The third kappa shape index (κ3) is 8.76. The summed E-state index contributed by atoms with van der Waals surface area (Å²) in [6.07, 6.45) is 18.6. The first-order valence-corrected chi connectivity index (χ1v) is 25.7. The predicted molar refractivity (Wildman–Crippen MR) is 250 cm³/mol. The molecule has 4 N–H and O–H groups in total. The van der Waals surface area contributed by atoms with Gasteiger partial charge in [-0.2, -0.15) is 20.2 Å². The molecular weight excluding hydrogens is 845 g/mol. The van der Waals surface area contributed by atoms with Gasteiger partial charge < -0.3 is 39.3 Å². The zero-order valence-electron chi connectivity index (χ0n) is 36.3. The van der Waals surface area contributed by atoms with Crippen LogP contribution in [0.4, 0.5) is 46.3 Å². The second kappa shape index (κ2) is 16.7. The Kier molecular flexibility index (Phi) is 11.3. The van der Waals surface area contributed by atoms with Crippen molar-refractivity contribution in [2.75, 3.05) is 92.9 Å². The summed E-state index contributed by atoms with van der Waals surface area (Å²) in [5, 5.41) is 15.0. The lowest BCUT2D eigenvalue weighted by Gasteiger charge is -2.44.